The highest BCUT2D eigenvalue weighted by Gasteiger charge is 2.44. The van der Waals surface area contributed by atoms with E-state index >= 15 is 0 Å². The van der Waals surface area contributed by atoms with Crippen molar-refractivity contribution in [3.8, 4) is 0 Å². The number of halogens is 5. The van der Waals surface area contributed by atoms with E-state index in [1.165, 1.54) is 19.3 Å². The van der Waals surface area contributed by atoms with Crippen LogP contribution in [0, 0.1) is 18.6 Å². The summed E-state index contributed by atoms with van der Waals surface area (Å²) in [7, 11) is 0. The summed E-state index contributed by atoms with van der Waals surface area (Å²) in [5.74, 6) is -1.58. The molecule has 0 saturated carbocycles. The molecular formula is C20H18F5N5O2S. The molecule has 1 atom stereocenters. The number of anilines is 2. The Morgan fingerprint density at radius 1 is 1.24 bits per heavy atom. The van der Waals surface area contributed by atoms with E-state index in [4.69, 9.17) is 0 Å². The van der Waals surface area contributed by atoms with Crippen molar-refractivity contribution in [2.45, 2.75) is 31.7 Å². The number of rotatable bonds is 4. The van der Waals surface area contributed by atoms with Crippen LogP contribution < -0.4 is 15.5 Å². The standard InChI is InChI=1S/C20H18F5N5O2S/c1-9-12-3-10(21)4-13(22)15(12)33-14(9)16(20(23,24)25)29-18(31)28-11-5-26-17(27-6-11)30-7-19(2,32)8-30/h3-6,16,32H,7-8H2,1-2H3,(H2,28,29,31). The molecule has 176 valence electrons. The zero-order chi connectivity index (χ0) is 24.1. The number of nitrogens with one attached hydrogen (secondary N) is 2. The van der Waals surface area contributed by atoms with Gasteiger partial charge in [0, 0.05) is 16.3 Å². The molecule has 3 heterocycles. The van der Waals surface area contributed by atoms with E-state index in [-0.39, 0.29) is 26.2 Å². The number of carbonyl (C=O) groups excluding carboxylic acids is 1. The highest BCUT2D eigenvalue weighted by Crippen LogP contribution is 2.42. The number of aliphatic hydroxyl groups is 1. The fourth-order valence-corrected chi connectivity index (χ4v) is 4.87. The first-order valence-electron chi connectivity index (χ1n) is 9.66. The van der Waals surface area contributed by atoms with Crippen molar-refractivity contribution in [2.75, 3.05) is 23.3 Å². The average Bonchev–Trinajstić information content (AvgIpc) is 3.01. The zero-order valence-electron chi connectivity index (χ0n) is 17.3. The Labute approximate surface area is 188 Å². The van der Waals surface area contributed by atoms with Gasteiger partial charge in [-0.2, -0.15) is 13.2 Å². The van der Waals surface area contributed by atoms with Crippen LogP contribution in [0.4, 0.5) is 38.4 Å². The highest BCUT2D eigenvalue weighted by atomic mass is 32.1. The number of hydrogen-bond acceptors (Lipinski definition) is 6. The van der Waals surface area contributed by atoms with Gasteiger partial charge in [0.2, 0.25) is 5.95 Å². The Bertz CT molecular complexity index is 1200. The van der Waals surface area contributed by atoms with Crippen LogP contribution in [0.2, 0.25) is 0 Å². The Morgan fingerprint density at radius 2 is 1.88 bits per heavy atom. The van der Waals surface area contributed by atoms with Crippen molar-refractivity contribution in [1.29, 1.82) is 0 Å². The number of fused-ring (bicyclic) bond motifs is 1. The predicted octanol–water partition coefficient (Wildman–Crippen LogP) is 4.27. The van der Waals surface area contributed by atoms with E-state index < -0.39 is 35.5 Å². The molecule has 1 saturated heterocycles. The van der Waals surface area contributed by atoms with Crippen LogP contribution in [-0.2, 0) is 0 Å². The van der Waals surface area contributed by atoms with Crippen LogP contribution in [-0.4, -0.2) is 46.0 Å². The van der Waals surface area contributed by atoms with Gasteiger partial charge in [-0.1, -0.05) is 0 Å². The minimum Gasteiger partial charge on any atom is -0.386 e. The van der Waals surface area contributed by atoms with E-state index in [9.17, 15) is 31.9 Å². The number of thiophene rings is 1. The third-order valence-corrected chi connectivity index (χ3v) is 6.48. The van der Waals surface area contributed by atoms with Crippen molar-refractivity contribution in [3.63, 3.8) is 0 Å². The number of benzene rings is 1. The first kappa shape index (κ1) is 23.1. The fraction of sp³-hybridized carbons (Fsp3) is 0.350. The first-order chi connectivity index (χ1) is 15.3. The number of nitrogens with zero attached hydrogens (tertiary/aromatic N) is 3. The van der Waals surface area contributed by atoms with E-state index in [2.05, 4.69) is 15.3 Å². The molecule has 2 aromatic heterocycles. The third-order valence-electron chi connectivity index (χ3n) is 5.10. The molecule has 3 aromatic rings. The van der Waals surface area contributed by atoms with Gasteiger partial charge in [-0.05, 0) is 25.5 Å². The van der Waals surface area contributed by atoms with Gasteiger partial charge in [-0.25, -0.2) is 23.5 Å². The van der Waals surface area contributed by atoms with Crippen LogP contribution in [0.25, 0.3) is 10.1 Å². The quantitative estimate of drug-likeness (QED) is 0.478. The smallest absolute Gasteiger partial charge is 0.386 e. The molecular weight excluding hydrogens is 469 g/mol. The number of aromatic nitrogens is 2. The van der Waals surface area contributed by atoms with E-state index in [1.807, 2.05) is 5.32 Å². The lowest BCUT2D eigenvalue weighted by atomic mass is 9.98. The topological polar surface area (TPSA) is 90.4 Å². The van der Waals surface area contributed by atoms with Gasteiger partial charge in [0.1, 0.15) is 11.6 Å². The van der Waals surface area contributed by atoms with Gasteiger partial charge < -0.3 is 20.6 Å². The number of aryl methyl sites for hydroxylation is 1. The Morgan fingerprint density at radius 3 is 2.45 bits per heavy atom. The Hall–Kier alpha value is -3.06. The average molecular weight is 487 g/mol. The fourth-order valence-electron chi connectivity index (χ4n) is 3.60. The number of carbonyl (C=O) groups is 1. The molecule has 7 nitrogen and oxygen atoms in total. The summed E-state index contributed by atoms with van der Waals surface area (Å²) in [6.45, 7) is 3.62. The van der Waals surface area contributed by atoms with Gasteiger partial charge in [-0.3, -0.25) is 0 Å². The predicted molar refractivity (Wildman–Crippen MR) is 112 cm³/mol. The van der Waals surface area contributed by atoms with Gasteiger partial charge in [0.05, 0.1) is 41.5 Å². The number of hydrogen-bond donors (Lipinski definition) is 3. The lowest BCUT2D eigenvalue weighted by molar-refractivity contribution is -0.154. The maximum atomic E-state index is 14.1. The molecule has 0 radical (unpaired) electrons. The van der Waals surface area contributed by atoms with Crippen LogP contribution in [0.1, 0.15) is 23.4 Å². The van der Waals surface area contributed by atoms with E-state index in [1.54, 1.807) is 11.8 Å². The number of β-amino-alcohol motifs (C(OH)–C–C–N with tert-alkyl or cyclic N) is 1. The summed E-state index contributed by atoms with van der Waals surface area (Å²) in [6, 6.07) is -2.07. The molecule has 1 aromatic carbocycles. The SMILES string of the molecule is Cc1c(C(NC(=O)Nc2cnc(N3CC(C)(O)C3)nc2)C(F)(F)F)sc2c(F)cc(F)cc12. The minimum absolute atomic E-state index is 0.0120. The lowest BCUT2D eigenvalue weighted by Crippen LogP contribution is -2.60. The van der Waals surface area contributed by atoms with Gasteiger partial charge in [-0.15, -0.1) is 11.3 Å². The molecule has 0 aliphatic carbocycles. The molecule has 13 heteroatoms. The minimum atomic E-state index is -4.90. The van der Waals surface area contributed by atoms with E-state index in [0.717, 1.165) is 6.07 Å². The number of urea groups is 1. The van der Waals surface area contributed by atoms with Gasteiger partial charge >= 0.3 is 12.2 Å². The molecule has 1 unspecified atom stereocenters. The molecule has 1 aliphatic heterocycles. The van der Waals surface area contributed by atoms with Gasteiger partial charge in [0.25, 0.3) is 0 Å². The van der Waals surface area contributed by atoms with Crippen LogP contribution in [0.15, 0.2) is 24.5 Å². The van der Waals surface area contributed by atoms with Crippen molar-refractivity contribution in [2.24, 2.45) is 0 Å². The van der Waals surface area contributed by atoms with Crippen LogP contribution in [0.5, 0.6) is 0 Å². The largest absolute Gasteiger partial charge is 0.413 e. The summed E-state index contributed by atoms with van der Waals surface area (Å²) < 4.78 is 68.9. The molecule has 1 aliphatic rings. The van der Waals surface area contributed by atoms with E-state index in [0.29, 0.717) is 36.4 Å². The summed E-state index contributed by atoms with van der Waals surface area (Å²) in [5, 5.41) is 13.9. The highest BCUT2D eigenvalue weighted by molar-refractivity contribution is 7.19. The maximum absolute atomic E-state index is 14.1. The van der Waals surface area contributed by atoms with Gasteiger partial charge in [0.15, 0.2) is 6.04 Å². The van der Waals surface area contributed by atoms with Crippen molar-refractivity contribution < 1.29 is 31.9 Å². The third kappa shape index (κ3) is 4.69. The molecule has 0 bridgehead atoms. The Kier molecular flexibility index (Phi) is 5.65. The normalized spacial score (nSPS) is 16.4. The second-order valence-corrected chi connectivity index (χ2v) is 9.11. The lowest BCUT2D eigenvalue weighted by Gasteiger charge is -2.44. The second kappa shape index (κ2) is 8.06. The monoisotopic (exact) mass is 487 g/mol. The van der Waals surface area contributed by atoms with Crippen LogP contribution in [0.3, 0.4) is 0 Å². The molecule has 33 heavy (non-hydrogen) atoms. The van der Waals surface area contributed by atoms with Crippen molar-refractivity contribution in [1.82, 2.24) is 15.3 Å². The van der Waals surface area contributed by atoms with Crippen LogP contribution >= 0.6 is 11.3 Å². The maximum Gasteiger partial charge on any atom is 0.413 e. The summed E-state index contributed by atoms with van der Waals surface area (Å²) >= 11 is 0.502. The van der Waals surface area contributed by atoms with Crippen molar-refractivity contribution >= 4 is 39.1 Å². The summed E-state index contributed by atoms with van der Waals surface area (Å²) in [5.41, 5.74) is -0.772. The summed E-state index contributed by atoms with van der Waals surface area (Å²) in [4.78, 5) is 21.7. The second-order valence-electron chi connectivity index (χ2n) is 8.05. The number of amides is 2. The Balaban J connectivity index is 1.52. The molecule has 3 N–H and O–H groups in total. The van der Waals surface area contributed by atoms with Crippen molar-refractivity contribution in [3.05, 3.63) is 46.6 Å². The molecule has 4 rings (SSSR count). The zero-order valence-corrected chi connectivity index (χ0v) is 18.1. The molecule has 1 fully saturated rings. The molecule has 0 spiro atoms. The molecule has 2 amide bonds. The number of alkyl halides is 3. The first-order valence-corrected chi connectivity index (χ1v) is 10.5. The summed E-state index contributed by atoms with van der Waals surface area (Å²) in [6.07, 6.45) is -2.45.